The Morgan fingerprint density at radius 3 is 1.38 bits per heavy atom. The molecule has 0 radical (unpaired) electrons. The maximum absolute atomic E-state index is 12.7. The lowest BCUT2D eigenvalue weighted by Crippen LogP contribution is -2.40. The lowest BCUT2D eigenvalue weighted by molar-refractivity contribution is -0.143. The molecule has 0 bridgehead atoms. The number of ether oxygens (including phenoxy) is 2. The van der Waals surface area contributed by atoms with Gasteiger partial charge in [0.05, 0.1) is 25.0 Å². The molecule has 0 aliphatic carbocycles. The molecule has 2 saturated heterocycles. The number of thioether (sulfide) groups is 2. The van der Waals surface area contributed by atoms with Gasteiger partial charge in [-0.2, -0.15) is 0 Å². The number of hydrogen-bond acceptors (Lipinski definition) is 12. The first-order valence-electron chi connectivity index (χ1n) is 13.1. The summed E-state index contributed by atoms with van der Waals surface area (Å²) in [7, 11) is 4.85. The number of nitrogens with zero attached hydrogens (tertiary/aromatic N) is 2. The highest BCUT2D eigenvalue weighted by molar-refractivity contribution is 8.87. The van der Waals surface area contributed by atoms with Gasteiger partial charge < -0.3 is 19.7 Å². The van der Waals surface area contributed by atoms with Crippen LogP contribution in [0.5, 0.6) is 11.5 Å². The third-order valence-corrected chi connectivity index (χ3v) is 11.9. The van der Waals surface area contributed by atoms with Crippen LogP contribution in [0.15, 0.2) is 48.5 Å². The molecule has 0 amide bonds. The van der Waals surface area contributed by atoms with Crippen LogP contribution in [0.3, 0.4) is 0 Å². The summed E-state index contributed by atoms with van der Waals surface area (Å²) in [4.78, 5) is 52.8. The van der Waals surface area contributed by atoms with Gasteiger partial charge in [-0.05, 0) is 57.0 Å². The largest absolute Gasteiger partial charge is 0.497 e. The third kappa shape index (κ3) is 8.17. The summed E-state index contributed by atoms with van der Waals surface area (Å²) in [6, 6.07) is 13.4. The molecule has 2 aromatic carbocycles. The van der Waals surface area contributed by atoms with E-state index in [0.29, 0.717) is 23.0 Å². The van der Waals surface area contributed by atoms with Crippen LogP contribution >= 0.6 is 45.1 Å². The van der Waals surface area contributed by atoms with Crippen molar-refractivity contribution in [1.82, 2.24) is 9.80 Å². The Kier molecular flexibility index (Phi) is 11.9. The Morgan fingerprint density at radius 2 is 1.07 bits per heavy atom. The standard InChI is InChI=1S/C28H32N2O8S4/c1-37-19-7-3-17(4-8-19)25-29(21(15-39-25)27(33)34)13-11-23(31)41-42-24(32)12-14-30-22(28(35)36)16-40-26(30)18-5-9-20(38-2)10-6-18/h3-10,21-22,25-26H,11-16H2,1-2H3,(H,33,34)(H,35,36). The van der Waals surface area contributed by atoms with Crippen LogP contribution in [-0.4, -0.2) is 93.1 Å². The normalized spacial score (nSPS) is 22.6. The van der Waals surface area contributed by atoms with E-state index in [1.54, 1.807) is 14.2 Å². The summed E-state index contributed by atoms with van der Waals surface area (Å²) in [5.74, 6) is 0.352. The SMILES string of the molecule is COc1ccc(C2SCC(C(=O)O)N2CCC(=O)SSC(=O)CCN2C(C(=O)O)CSC2c2ccc(OC)cc2)cc1. The van der Waals surface area contributed by atoms with Gasteiger partial charge in [0.1, 0.15) is 23.6 Å². The zero-order valence-corrected chi connectivity index (χ0v) is 26.3. The molecule has 42 heavy (non-hydrogen) atoms. The van der Waals surface area contributed by atoms with Crippen LogP contribution in [-0.2, 0) is 19.2 Å². The molecule has 2 aliphatic heterocycles. The highest BCUT2D eigenvalue weighted by Crippen LogP contribution is 2.43. The molecule has 4 unspecified atom stereocenters. The number of benzene rings is 2. The molecule has 2 aromatic rings. The Labute approximate surface area is 260 Å². The summed E-state index contributed by atoms with van der Waals surface area (Å²) in [5.41, 5.74) is 1.86. The molecule has 2 fully saturated rings. The second-order valence-electron chi connectivity index (χ2n) is 9.51. The topological polar surface area (TPSA) is 134 Å². The lowest BCUT2D eigenvalue weighted by Gasteiger charge is -2.27. The van der Waals surface area contributed by atoms with E-state index in [1.807, 2.05) is 58.3 Å². The fourth-order valence-electron chi connectivity index (χ4n) is 4.78. The van der Waals surface area contributed by atoms with Gasteiger partial charge in [0.2, 0.25) is 10.2 Å². The van der Waals surface area contributed by atoms with Crippen LogP contribution < -0.4 is 9.47 Å². The minimum Gasteiger partial charge on any atom is -0.497 e. The van der Waals surface area contributed by atoms with Crippen molar-refractivity contribution in [1.29, 1.82) is 0 Å². The Bertz CT molecular complexity index is 1170. The fraction of sp³-hybridized carbons (Fsp3) is 0.429. The maximum atomic E-state index is 12.7. The summed E-state index contributed by atoms with van der Waals surface area (Å²) in [6.07, 6.45) is 0.177. The molecule has 2 heterocycles. The number of hydrogen-bond donors (Lipinski definition) is 2. The van der Waals surface area contributed by atoms with Crippen LogP contribution in [0.1, 0.15) is 34.7 Å². The van der Waals surface area contributed by atoms with Crippen molar-refractivity contribution < 1.29 is 38.9 Å². The van der Waals surface area contributed by atoms with Gasteiger partial charge in [0, 0.05) is 37.4 Å². The van der Waals surface area contributed by atoms with E-state index < -0.39 is 24.0 Å². The molecule has 0 saturated carbocycles. The van der Waals surface area contributed by atoms with Gasteiger partial charge in [-0.3, -0.25) is 29.0 Å². The highest BCUT2D eigenvalue weighted by Gasteiger charge is 2.40. The number of rotatable bonds is 12. The molecule has 10 nitrogen and oxygen atoms in total. The monoisotopic (exact) mass is 652 g/mol. The first-order chi connectivity index (χ1) is 20.2. The maximum Gasteiger partial charge on any atom is 0.321 e. The van der Waals surface area contributed by atoms with Gasteiger partial charge in [0.15, 0.2) is 0 Å². The first-order valence-corrected chi connectivity index (χ1v) is 17.3. The summed E-state index contributed by atoms with van der Waals surface area (Å²) in [5, 5.41) is 18.6. The zero-order chi connectivity index (χ0) is 30.2. The van der Waals surface area contributed by atoms with Gasteiger partial charge >= 0.3 is 11.9 Å². The van der Waals surface area contributed by atoms with E-state index in [-0.39, 0.29) is 46.9 Å². The smallest absolute Gasteiger partial charge is 0.321 e. The van der Waals surface area contributed by atoms with Crippen LogP contribution in [0.4, 0.5) is 0 Å². The minimum atomic E-state index is -0.934. The van der Waals surface area contributed by atoms with Gasteiger partial charge in [0.25, 0.3) is 0 Å². The van der Waals surface area contributed by atoms with Crippen molar-refractivity contribution in [2.45, 2.75) is 35.7 Å². The first kappa shape index (κ1) is 32.6. The summed E-state index contributed by atoms with van der Waals surface area (Å²) >= 11 is 3.03. The van der Waals surface area contributed by atoms with Gasteiger partial charge in [-0.1, -0.05) is 24.3 Å². The number of carboxylic acid groups (broad SMARTS) is 2. The molecule has 2 aliphatic rings. The van der Waals surface area contributed by atoms with Gasteiger partial charge in [-0.15, -0.1) is 23.5 Å². The van der Waals surface area contributed by atoms with Crippen molar-refractivity contribution >= 4 is 67.3 Å². The van der Waals surface area contributed by atoms with Crippen molar-refractivity contribution in [2.24, 2.45) is 0 Å². The fourth-order valence-corrected chi connectivity index (χ4v) is 9.35. The zero-order valence-electron chi connectivity index (χ0n) is 23.0. The Balaban J connectivity index is 1.28. The second-order valence-corrected chi connectivity index (χ2v) is 14.0. The predicted molar refractivity (Wildman–Crippen MR) is 167 cm³/mol. The number of carbonyl (C=O) groups excluding carboxylic acids is 2. The van der Waals surface area contributed by atoms with E-state index >= 15 is 0 Å². The Hall–Kier alpha value is -2.36. The lowest BCUT2D eigenvalue weighted by atomic mass is 10.1. The number of methoxy groups -OCH3 is 2. The quantitative estimate of drug-likeness (QED) is 0.309. The molecule has 0 aromatic heterocycles. The predicted octanol–water partition coefficient (Wildman–Crippen LogP) is 4.62. The molecule has 4 rings (SSSR count). The van der Waals surface area contributed by atoms with Crippen molar-refractivity contribution in [3.63, 3.8) is 0 Å². The minimum absolute atomic E-state index is 0.0886. The summed E-state index contributed by atoms with van der Waals surface area (Å²) in [6.45, 7) is 0.492. The number of carboxylic acids is 2. The van der Waals surface area contributed by atoms with E-state index in [1.165, 1.54) is 23.5 Å². The molecule has 226 valence electrons. The Morgan fingerprint density at radius 1 is 0.714 bits per heavy atom. The van der Waals surface area contributed by atoms with Crippen molar-refractivity contribution in [2.75, 3.05) is 38.8 Å². The number of carbonyl (C=O) groups is 4. The van der Waals surface area contributed by atoms with E-state index in [2.05, 4.69) is 0 Å². The molecular weight excluding hydrogens is 621 g/mol. The van der Waals surface area contributed by atoms with Gasteiger partial charge in [-0.25, -0.2) is 0 Å². The highest BCUT2D eigenvalue weighted by atomic mass is 33.1. The molecule has 2 N–H and O–H groups in total. The van der Waals surface area contributed by atoms with Crippen molar-refractivity contribution in [3.05, 3.63) is 59.7 Å². The van der Waals surface area contributed by atoms with Crippen LogP contribution in [0, 0.1) is 0 Å². The molecule has 14 heteroatoms. The van der Waals surface area contributed by atoms with Crippen molar-refractivity contribution in [3.8, 4) is 11.5 Å². The van der Waals surface area contributed by atoms with E-state index in [0.717, 1.165) is 32.7 Å². The summed E-state index contributed by atoms with van der Waals surface area (Å²) < 4.78 is 10.4. The van der Waals surface area contributed by atoms with Crippen LogP contribution in [0.2, 0.25) is 0 Å². The molecule has 4 atom stereocenters. The third-order valence-electron chi connectivity index (χ3n) is 6.97. The van der Waals surface area contributed by atoms with E-state index in [9.17, 15) is 29.4 Å². The number of aliphatic carboxylic acids is 2. The van der Waals surface area contributed by atoms with E-state index in [4.69, 9.17) is 9.47 Å². The second kappa shape index (κ2) is 15.4. The molecule has 0 spiro atoms. The average molecular weight is 653 g/mol. The molecular formula is C28H32N2O8S4. The van der Waals surface area contributed by atoms with Crippen LogP contribution in [0.25, 0.3) is 0 Å². The average Bonchev–Trinajstić information content (AvgIpc) is 3.63.